The van der Waals surface area contributed by atoms with Crippen molar-refractivity contribution >= 4 is 0 Å². The molecule has 0 aromatic carbocycles. The van der Waals surface area contributed by atoms with Gasteiger partial charge >= 0.3 is 0 Å². The molecule has 1 saturated heterocycles. The zero-order chi connectivity index (χ0) is 8.39. The molecule has 1 fully saturated rings. The van der Waals surface area contributed by atoms with Crippen molar-refractivity contribution in [3.63, 3.8) is 0 Å². The third-order valence-electron chi connectivity index (χ3n) is 2.40. The first-order valence-electron chi connectivity index (χ1n) is 4.52. The van der Waals surface area contributed by atoms with Gasteiger partial charge in [-0.15, -0.1) is 0 Å². The number of nitrogens with zero attached hydrogens (tertiary/aromatic N) is 1. The first kappa shape index (κ1) is 10.2. The molecule has 0 radical (unpaired) electrons. The first-order valence-corrected chi connectivity index (χ1v) is 4.52. The molecule has 3 heteroatoms. The quantitative estimate of drug-likeness (QED) is 0.700. The Hall–Kier alpha value is -0.930. The summed E-state index contributed by atoms with van der Waals surface area (Å²) >= 11 is 0. The molecule has 1 aliphatic heterocycles. The van der Waals surface area contributed by atoms with Gasteiger partial charge < -0.3 is 10.8 Å². The summed E-state index contributed by atoms with van der Waals surface area (Å²) < 4.78 is 0. The lowest BCUT2D eigenvalue weighted by Crippen LogP contribution is -2.12. The van der Waals surface area contributed by atoms with Crippen molar-refractivity contribution in [3.05, 3.63) is 29.6 Å². The minimum Gasteiger partial charge on any atom is -0.412 e. The van der Waals surface area contributed by atoms with Crippen LogP contribution in [0.25, 0.3) is 0 Å². The summed E-state index contributed by atoms with van der Waals surface area (Å²) in [6.45, 7) is 3.17. The van der Waals surface area contributed by atoms with Gasteiger partial charge in [0.25, 0.3) is 0 Å². The van der Waals surface area contributed by atoms with Crippen molar-refractivity contribution in [2.45, 2.75) is 25.8 Å². The minimum atomic E-state index is 0. The summed E-state index contributed by atoms with van der Waals surface area (Å²) in [4.78, 5) is 4.28. The van der Waals surface area contributed by atoms with E-state index in [-0.39, 0.29) is 5.48 Å². The average molecular weight is 180 g/mol. The number of hydrogen-bond donors (Lipinski definition) is 1. The van der Waals surface area contributed by atoms with E-state index in [2.05, 4.69) is 22.4 Å². The van der Waals surface area contributed by atoms with E-state index in [1.807, 2.05) is 13.1 Å². The molecule has 2 heterocycles. The van der Waals surface area contributed by atoms with Crippen LogP contribution in [-0.4, -0.2) is 17.0 Å². The van der Waals surface area contributed by atoms with E-state index in [4.69, 9.17) is 0 Å². The zero-order valence-electron chi connectivity index (χ0n) is 7.88. The lowest BCUT2D eigenvalue weighted by atomic mass is 10.1. The molecule has 2 rings (SSSR count). The Kier molecular flexibility index (Phi) is 3.39. The van der Waals surface area contributed by atoms with Crippen LogP contribution in [0.5, 0.6) is 0 Å². The Morgan fingerprint density at radius 3 is 2.85 bits per heavy atom. The van der Waals surface area contributed by atoms with Gasteiger partial charge in [0.2, 0.25) is 0 Å². The number of pyridine rings is 1. The van der Waals surface area contributed by atoms with Gasteiger partial charge in [0.05, 0.1) is 0 Å². The second-order valence-corrected chi connectivity index (χ2v) is 3.38. The van der Waals surface area contributed by atoms with Gasteiger partial charge in [-0.2, -0.15) is 0 Å². The Balaban J connectivity index is 0.000000845. The van der Waals surface area contributed by atoms with Gasteiger partial charge in [-0.1, -0.05) is 6.07 Å². The van der Waals surface area contributed by atoms with Crippen molar-refractivity contribution in [2.24, 2.45) is 0 Å². The number of nitrogens with one attached hydrogen (secondary N) is 1. The van der Waals surface area contributed by atoms with E-state index in [0.29, 0.717) is 6.04 Å². The van der Waals surface area contributed by atoms with Gasteiger partial charge in [0.1, 0.15) is 0 Å². The fraction of sp³-hybridized carbons (Fsp3) is 0.500. The first-order chi connectivity index (χ1) is 5.86. The summed E-state index contributed by atoms with van der Waals surface area (Å²) in [6, 6.07) is 4.80. The summed E-state index contributed by atoms with van der Waals surface area (Å²) in [5.74, 6) is 0. The monoisotopic (exact) mass is 180 g/mol. The molecule has 3 N–H and O–H groups in total. The van der Waals surface area contributed by atoms with Crippen LogP contribution in [0.15, 0.2) is 18.3 Å². The van der Waals surface area contributed by atoms with Crippen LogP contribution in [0.4, 0.5) is 0 Å². The van der Waals surface area contributed by atoms with E-state index in [9.17, 15) is 0 Å². The smallest absolute Gasteiger partial charge is 0.0372 e. The van der Waals surface area contributed by atoms with Gasteiger partial charge in [-0.3, -0.25) is 4.98 Å². The minimum absolute atomic E-state index is 0. The third-order valence-corrected chi connectivity index (χ3v) is 2.40. The molecular formula is C10H16N2O. The summed E-state index contributed by atoms with van der Waals surface area (Å²) in [7, 11) is 0. The maximum absolute atomic E-state index is 4.28. The van der Waals surface area contributed by atoms with Crippen molar-refractivity contribution in [1.29, 1.82) is 0 Å². The molecule has 1 unspecified atom stereocenters. The highest BCUT2D eigenvalue weighted by atomic mass is 16.0. The number of aromatic nitrogens is 1. The zero-order valence-corrected chi connectivity index (χ0v) is 7.88. The van der Waals surface area contributed by atoms with Crippen molar-refractivity contribution in [2.75, 3.05) is 6.54 Å². The number of hydrogen-bond acceptors (Lipinski definition) is 2. The van der Waals surface area contributed by atoms with Gasteiger partial charge in [-0.05, 0) is 37.9 Å². The van der Waals surface area contributed by atoms with Crippen LogP contribution in [-0.2, 0) is 0 Å². The standard InChI is InChI=1S/C10H14N2.H2O/c1-8-4-5-9(7-12-8)10-3-2-6-11-10;/h4-5,7,10-11H,2-3,6H2,1H3;1H2. The third kappa shape index (κ3) is 2.26. The molecule has 1 aromatic heterocycles. The predicted molar refractivity (Wildman–Crippen MR) is 52.6 cm³/mol. The molecule has 0 saturated carbocycles. The van der Waals surface area contributed by atoms with Crippen LogP contribution in [0.1, 0.15) is 30.1 Å². The lowest BCUT2D eigenvalue weighted by molar-refractivity contribution is 0.644. The Morgan fingerprint density at radius 1 is 1.46 bits per heavy atom. The average Bonchev–Trinajstić information content (AvgIpc) is 2.58. The Morgan fingerprint density at radius 2 is 2.31 bits per heavy atom. The topological polar surface area (TPSA) is 56.4 Å². The molecule has 1 aromatic rings. The van der Waals surface area contributed by atoms with E-state index >= 15 is 0 Å². The normalized spacial score (nSPS) is 21.2. The summed E-state index contributed by atoms with van der Waals surface area (Å²) in [5, 5.41) is 3.45. The maximum atomic E-state index is 4.28. The fourth-order valence-electron chi connectivity index (χ4n) is 1.65. The van der Waals surface area contributed by atoms with E-state index in [1.165, 1.54) is 18.4 Å². The lowest BCUT2D eigenvalue weighted by Gasteiger charge is -2.09. The highest BCUT2D eigenvalue weighted by molar-refractivity contribution is 5.17. The van der Waals surface area contributed by atoms with Crippen LogP contribution < -0.4 is 5.32 Å². The molecule has 0 spiro atoms. The second-order valence-electron chi connectivity index (χ2n) is 3.38. The van der Waals surface area contributed by atoms with Crippen LogP contribution in [0, 0.1) is 6.92 Å². The van der Waals surface area contributed by atoms with E-state index in [0.717, 1.165) is 12.2 Å². The van der Waals surface area contributed by atoms with Gasteiger partial charge in [0.15, 0.2) is 0 Å². The highest BCUT2D eigenvalue weighted by Gasteiger charge is 2.15. The summed E-state index contributed by atoms with van der Waals surface area (Å²) in [6.07, 6.45) is 4.53. The molecule has 3 nitrogen and oxygen atoms in total. The van der Waals surface area contributed by atoms with Crippen LogP contribution in [0.2, 0.25) is 0 Å². The van der Waals surface area contributed by atoms with E-state index < -0.39 is 0 Å². The summed E-state index contributed by atoms with van der Waals surface area (Å²) in [5.41, 5.74) is 2.43. The molecule has 1 atom stereocenters. The fourth-order valence-corrected chi connectivity index (χ4v) is 1.65. The van der Waals surface area contributed by atoms with E-state index in [1.54, 1.807) is 0 Å². The Labute approximate surface area is 78.5 Å². The largest absolute Gasteiger partial charge is 0.412 e. The Bertz CT molecular complexity index is 252. The van der Waals surface area contributed by atoms with Crippen molar-refractivity contribution < 1.29 is 5.48 Å². The number of aryl methyl sites for hydroxylation is 1. The van der Waals surface area contributed by atoms with Crippen LogP contribution >= 0.6 is 0 Å². The molecule has 0 aliphatic carbocycles. The molecule has 72 valence electrons. The SMILES string of the molecule is Cc1ccc(C2CCCN2)cn1.O. The van der Waals surface area contributed by atoms with Crippen molar-refractivity contribution in [3.8, 4) is 0 Å². The van der Waals surface area contributed by atoms with Gasteiger partial charge in [-0.25, -0.2) is 0 Å². The highest BCUT2D eigenvalue weighted by Crippen LogP contribution is 2.21. The molecule has 0 amide bonds. The van der Waals surface area contributed by atoms with Gasteiger partial charge in [0, 0.05) is 17.9 Å². The maximum Gasteiger partial charge on any atom is 0.0372 e. The molecular weight excluding hydrogens is 164 g/mol. The second kappa shape index (κ2) is 4.35. The predicted octanol–water partition coefficient (Wildman–Crippen LogP) is 0.990. The molecule has 1 aliphatic rings. The van der Waals surface area contributed by atoms with Crippen LogP contribution in [0.3, 0.4) is 0 Å². The molecule has 0 bridgehead atoms. The molecule has 13 heavy (non-hydrogen) atoms. The number of rotatable bonds is 1. The van der Waals surface area contributed by atoms with Crippen molar-refractivity contribution in [1.82, 2.24) is 10.3 Å².